The van der Waals surface area contributed by atoms with Gasteiger partial charge in [0.25, 0.3) is 5.91 Å². The summed E-state index contributed by atoms with van der Waals surface area (Å²) in [6, 6.07) is 11.0. The summed E-state index contributed by atoms with van der Waals surface area (Å²) in [6.07, 6.45) is 1.59. The average molecular weight is 300 g/mol. The van der Waals surface area contributed by atoms with Crippen LogP contribution in [0, 0.1) is 0 Å². The Hall–Kier alpha value is -1.98. The minimum Gasteiger partial charge on any atom is -0.388 e. The topological polar surface area (TPSA) is 71.5 Å². The van der Waals surface area contributed by atoms with Crippen molar-refractivity contribution >= 4 is 16.8 Å². The van der Waals surface area contributed by atoms with Gasteiger partial charge in [0.2, 0.25) is 0 Å². The normalized spacial score (nSPS) is 25.1. The minimum atomic E-state index is -0.678. The molecule has 1 aliphatic carbocycles. The van der Waals surface area contributed by atoms with Crippen molar-refractivity contribution in [3.63, 3.8) is 0 Å². The highest BCUT2D eigenvalue weighted by molar-refractivity contribution is 5.95. The van der Waals surface area contributed by atoms with Crippen molar-refractivity contribution in [2.24, 2.45) is 0 Å². The standard InChI is InChI=1S/C17H20N2O3/c1-22-15-8-4-7-13(16(15)20)19-17(21)14-10-9-11-5-2-3-6-12(11)18-14/h2-3,5-6,9-10,13,15-16,20H,4,7-8H2,1H3,(H,19,21)/t13-,15-,16-/m1/s1. The van der Waals surface area contributed by atoms with Gasteiger partial charge in [0.1, 0.15) is 11.8 Å². The molecule has 3 atom stereocenters. The van der Waals surface area contributed by atoms with E-state index in [0.717, 1.165) is 30.2 Å². The first-order chi connectivity index (χ1) is 10.7. The third kappa shape index (κ3) is 2.96. The number of benzene rings is 1. The van der Waals surface area contributed by atoms with Crippen LogP contribution in [0.5, 0.6) is 0 Å². The second-order valence-corrected chi connectivity index (χ2v) is 5.66. The number of fused-ring (bicyclic) bond motifs is 1. The van der Waals surface area contributed by atoms with E-state index in [-0.39, 0.29) is 18.1 Å². The first kappa shape index (κ1) is 14.9. The smallest absolute Gasteiger partial charge is 0.270 e. The summed E-state index contributed by atoms with van der Waals surface area (Å²) in [6.45, 7) is 0. The molecule has 0 bridgehead atoms. The Morgan fingerprint density at radius 2 is 2.09 bits per heavy atom. The summed E-state index contributed by atoms with van der Waals surface area (Å²) < 4.78 is 5.26. The van der Waals surface area contributed by atoms with Gasteiger partial charge in [-0.05, 0) is 31.4 Å². The zero-order valence-electron chi connectivity index (χ0n) is 12.5. The van der Waals surface area contributed by atoms with E-state index in [9.17, 15) is 9.90 Å². The fraction of sp³-hybridized carbons (Fsp3) is 0.412. The molecule has 1 saturated carbocycles. The molecule has 3 rings (SSSR count). The van der Waals surface area contributed by atoms with Gasteiger partial charge in [0.05, 0.1) is 17.7 Å². The number of rotatable bonds is 3. The number of aliphatic hydroxyl groups is 1. The highest BCUT2D eigenvalue weighted by atomic mass is 16.5. The van der Waals surface area contributed by atoms with E-state index in [1.165, 1.54) is 0 Å². The first-order valence-corrected chi connectivity index (χ1v) is 7.56. The second kappa shape index (κ2) is 6.42. The minimum absolute atomic E-state index is 0.219. The predicted octanol–water partition coefficient (Wildman–Crippen LogP) is 1.89. The fourth-order valence-electron chi connectivity index (χ4n) is 2.99. The molecule has 0 radical (unpaired) electrons. The molecule has 1 fully saturated rings. The molecule has 0 aliphatic heterocycles. The van der Waals surface area contributed by atoms with Gasteiger partial charge in [-0.3, -0.25) is 4.79 Å². The summed E-state index contributed by atoms with van der Waals surface area (Å²) in [5.41, 5.74) is 1.15. The SMILES string of the molecule is CO[C@@H]1CCC[C@@H](NC(=O)c2ccc3ccccc3n2)[C@H]1O. The molecule has 1 aliphatic rings. The zero-order chi connectivity index (χ0) is 15.5. The van der Waals surface area contributed by atoms with Crippen LogP contribution in [0.4, 0.5) is 0 Å². The lowest BCUT2D eigenvalue weighted by Crippen LogP contribution is -2.51. The number of nitrogens with one attached hydrogen (secondary N) is 1. The fourth-order valence-corrected chi connectivity index (χ4v) is 2.99. The monoisotopic (exact) mass is 300 g/mol. The highest BCUT2D eigenvalue weighted by Gasteiger charge is 2.33. The molecular weight excluding hydrogens is 280 g/mol. The number of methoxy groups -OCH3 is 1. The number of para-hydroxylation sites is 1. The Morgan fingerprint density at radius 1 is 1.27 bits per heavy atom. The third-order valence-corrected chi connectivity index (χ3v) is 4.25. The van der Waals surface area contributed by atoms with Crippen LogP contribution in [-0.4, -0.2) is 41.4 Å². The number of hydrogen-bond acceptors (Lipinski definition) is 4. The lowest BCUT2D eigenvalue weighted by Gasteiger charge is -2.34. The molecule has 22 heavy (non-hydrogen) atoms. The zero-order valence-corrected chi connectivity index (χ0v) is 12.5. The Balaban J connectivity index is 1.75. The van der Waals surface area contributed by atoms with Gasteiger partial charge in [-0.1, -0.05) is 24.3 Å². The number of amides is 1. The number of aromatic nitrogens is 1. The third-order valence-electron chi connectivity index (χ3n) is 4.25. The maximum Gasteiger partial charge on any atom is 0.270 e. The molecule has 1 aromatic heterocycles. The summed E-state index contributed by atoms with van der Waals surface area (Å²) in [5, 5.41) is 14.1. The van der Waals surface area contributed by atoms with Crippen LogP contribution >= 0.6 is 0 Å². The number of pyridine rings is 1. The van der Waals surface area contributed by atoms with E-state index in [4.69, 9.17) is 4.74 Å². The number of carbonyl (C=O) groups is 1. The molecule has 1 amide bonds. The van der Waals surface area contributed by atoms with Crippen LogP contribution in [0.2, 0.25) is 0 Å². The summed E-state index contributed by atoms with van der Waals surface area (Å²) in [4.78, 5) is 16.8. The van der Waals surface area contributed by atoms with Gasteiger partial charge in [-0.25, -0.2) is 4.98 Å². The number of ether oxygens (including phenoxy) is 1. The molecule has 5 heteroatoms. The molecule has 0 spiro atoms. The van der Waals surface area contributed by atoms with Crippen molar-refractivity contribution in [3.8, 4) is 0 Å². The molecule has 2 aromatic rings. The van der Waals surface area contributed by atoms with E-state index in [0.29, 0.717) is 5.69 Å². The Bertz CT molecular complexity index is 674. The van der Waals surface area contributed by atoms with Gasteiger partial charge in [0, 0.05) is 12.5 Å². The van der Waals surface area contributed by atoms with Crippen molar-refractivity contribution in [2.45, 2.75) is 37.5 Å². The maximum atomic E-state index is 12.4. The van der Waals surface area contributed by atoms with Crippen LogP contribution in [0.15, 0.2) is 36.4 Å². The highest BCUT2D eigenvalue weighted by Crippen LogP contribution is 2.22. The van der Waals surface area contributed by atoms with Gasteiger partial charge in [0.15, 0.2) is 0 Å². The number of carbonyl (C=O) groups excluding carboxylic acids is 1. The van der Waals surface area contributed by atoms with Crippen molar-refractivity contribution in [1.29, 1.82) is 0 Å². The van der Waals surface area contributed by atoms with Crippen molar-refractivity contribution in [2.75, 3.05) is 7.11 Å². The predicted molar refractivity (Wildman–Crippen MR) is 83.7 cm³/mol. The van der Waals surface area contributed by atoms with Crippen molar-refractivity contribution < 1.29 is 14.6 Å². The van der Waals surface area contributed by atoms with E-state index >= 15 is 0 Å². The largest absolute Gasteiger partial charge is 0.388 e. The summed E-state index contributed by atoms with van der Waals surface area (Å²) >= 11 is 0. The average Bonchev–Trinajstić information content (AvgIpc) is 2.56. The van der Waals surface area contributed by atoms with Crippen LogP contribution < -0.4 is 5.32 Å². The molecule has 1 aromatic carbocycles. The Kier molecular flexibility index (Phi) is 4.36. The molecule has 5 nitrogen and oxygen atoms in total. The number of hydrogen-bond donors (Lipinski definition) is 2. The lowest BCUT2D eigenvalue weighted by molar-refractivity contribution is -0.0513. The molecule has 2 N–H and O–H groups in total. The van der Waals surface area contributed by atoms with E-state index in [1.54, 1.807) is 13.2 Å². The molecule has 1 heterocycles. The van der Waals surface area contributed by atoms with E-state index in [2.05, 4.69) is 10.3 Å². The maximum absolute atomic E-state index is 12.4. The first-order valence-electron chi connectivity index (χ1n) is 7.56. The second-order valence-electron chi connectivity index (χ2n) is 5.66. The molecule has 0 saturated heterocycles. The molecule has 116 valence electrons. The van der Waals surface area contributed by atoms with Crippen molar-refractivity contribution in [3.05, 3.63) is 42.1 Å². The molecular formula is C17H20N2O3. The van der Waals surface area contributed by atoms with Crippen LogP contribution in [0.25, 0.3) is 10.9 Å². The Morgan fingerprint density at radius 3 is 2.91 bits per heavy atom. The molecule has 0 unspecified atom stereocenters. The van der Waals surface area contributed by atoms with Gasteiger partial charge >= 0.3 is 0 Å². The number of aliphatic hydroxyl groups excluding tert-OH is 1. The van der Waals surface area contributed by atoms with E-state index in [1.807, 2.05) is 30.3 Å². The lowest BCUT2D eigenvalue weighted by atomic mass is 9.90. The van der Waals surface area contributed by atoms with Gasteiger partial charge in [-0.2, -0.15) is 0 Å². The Labute approximate surface area is 129 Å². The van der Waals surface area contributed by atoms with Gasteiger partial charge in [-0.15, -0.1) is 0 Å². The van der Waals surface area contributed by atoms with Gasteiger partial charge < -0.3 is 15.2 Å². The summed E-state index contributed by atoms with van der Waals surface area (Å²) in [5.74, 6) is -0.258. The quantitative estimate of drug-likeness (QED) is 0.908. The van der Waals surface area contributed by atoms with E-state index < -0.39 is 6.10 Å². The van der Waals surface area contributed by atoms with Crippen LogP contribution in [-0.2, 0) is 4.74 Å². The van der Waals surface area contributed by atoms with Crippen LogP contribution in [0.1, 0.15) is 29.8 Å². The summed E-state index contributed by atoms with van der Waals surface area (Å²) in [7, 11) is 1.59. The number of nitrogens with zero attached hydrogens (tertiary/aromatic N) is 1. The van der Waals surface area contributed by atoms with Crippen LogP contribution in [0.3, 0.4) is 0 Å². The van der Waals surface area contributed by atoms with Crippen molar-refractivity contribution in [1.82, 2.24) is 10.3 Å².